The van der Waals surface area contributed by atoms with Gasteiger partial charge in [0.05, 0.1) is 11.8 Å². The average Bonchev–Trinajstić information content (AvgIpc) is 2.48. The van der Waals surface area contributed by atoms with Gasteiger partial charge < -0.3 is 10.0 Å². The summed E-state index contributed by atoms with van der Waals surface area (Å²) in [6, 6.07) is 9.62. The van der Waals surface area contributed by atoms with Crippen LogP contribution in [0.1, 0.15) is 12.8 Å². The Bertz CT molecular complexity index is 597. The lowest BCUT2D eigenvalue weighted by atomic mass is 10.1. The Morgan fingerprint density at radius 2 is 1.95 bits per heavy atom. The molecule has 0 saturated carbocycles. The highest BCUT2D eigenvalue weighted by molar-refractivity contribution is 6.30. The minimum absolute atomic E-state index is 0.180. The van der Waals surface area contributed by atoms with Crippen LogP contribution in [0.3, 0.4) is 0 Å². The summed E-state index contributed by atoms with van der Waals surface area (Å²) in [5, 5.41) is 10.3. The molecular formula is C15H16ClN3O. The van der Waals surface area contributed by atoms with E-state index in [4.69, 9.17) is 11.6 Å². The highest BCUT2D eigenvalue weighted by Gasteiger charge is 2.18. The lowest BCUT2D eigenvalue weighted by Gasteiger charge is -2.30. The van der Waals surface area contributed by atoms with Crippen molar-refractivity contribution in [2.45, 2.75) is 18.9 Å². The van der Waals surface area contributed by atoms with E-state index >= 15 is 0 Å². The molecule has 1 aromatic carbocycles. The van der Waals surface area contributed by atoms with Crippen LogP contribution in [0.2, 0.25) is 5.02 Å². The van der Waals surface area contributed by atoms with Crippen LogP contribution in [0.5, 0.6) is 0 Å². The molecule has 1 aliphatic heterocycles. The van der Waals surface area contributed by atoms with Gasteiger partial charge in [-0.15, -0.1) is 0 Å². The van der Waals surface area contributed by atoms with Crippen molar-refractivity contribution in [2.75, 3.05) is 18.0 Å². The standard InChI is InChI=1S/C15H16ClN3O/c16-12-3-1-2-11(8-12)14-9-15(18-10-17-14)19-6-4-13(20)5-7-19/h1-3,8-10,13,20H,4-7H2. The number of aliphatic hydroxyl groups excluding tert-OH is 1. The van der Waals surface area contributed by atoms with Crippen LogP contribution in [0.15, 0.2) is 36.7 Å². The van der Waals surface area contributed by atoms with Gasteiger partial charge in [0, 0.05) is 29.7 Å². The van der Waals surface area contributed by atoms with E-state index in [-0.39, 0.29) is 6.10 Å². The van der Waals surface area contributed by atoms with E-state index in [2.05, 4.69) is 14.9 Å². The van der Waals surface area contributed by atoms with Crippen molar-refractivity contribution >= 4 is 17.4 Å². The van der Waals surface area contributed by atoms with Gasteiger partial charge in [0.2, 0.25) is 0 Å². The highest BCUT2D eigenvalue weighted by atomic mass is 35.5. The number of hydrogen-bond donors (Lipinski definition) is 1. The van der Waals surface area contributed by atoms with Gasteiger partial charge >= 0.3 is 0 Å². The van der Waals surface area contributed by atoms with E-state index in [1.54, 1.807) is 6.33 Å². The topological polar surface area (TPSA) is 49.2 Å². The molecule has 0 aliphatic carbocycles. The Hall–Kier alpha value is -1.65. The molecule has 1 aromatic heterocycles. The zero-order valence-corrected chi connectivity index (χ0v) is 11.8. The Kier molecular flexibility index (Phi) is 3.85. The van der Waals surface area contributed by atoms with Gasteiger partial charge in [0.25, 0.3) is 0 Å². The molecule has 104 valence electrons. The number of aromatic nitrogens is 2. The molecule has 1 fully saturated rings. The second-order valence-corrected chi connectivity index (χ2v) is 5.43. The van der Waals surface area contributed by atoms with Gasteiger partial charge in [-0.25, -0.2) is 9.97 Å². The highest BCUT2D eigenvalue weighted by Crippen LogP contribution is 2.24. The van der Waals surface area contributed by atoms with Crippen molar-refractivity contribution in [1.29, 1.82) is 0 Å². The molecule has 0 atom stereocenters. The summed E-state index contributed by atoms with van der Waals surface area (Å²) in [4.78, 5) is 10.8. The van der Waals surface area contributed by atoms with Gasteiger partial charge in [-0.05, 0) is 25.0 Å². The third-order valence-corrected chi connectivity index (χ3v) is 3.80. The first-order valence-electron chi connectivity index (χ1n) is 6.73. The van der Waals surface area contributed by atoms with Crippen molar-refractivity contribution in [3.63, 3.8) is 0 Å². The summed E-state index contributed by atoms with van der Waals surface area (Å²) in [6.07, 6.45) is 2.98. The molecule has 2 heterocycles. The summed E-state index contributed by atoms with van der Waals surface area (Å²) < 4.78 is 0. The molecule has 20 heavy (non-hydrogen) atoms. The fraction of sp³-hybridized carbons (Fsp3) is 0.333. The fourth-order valence-electron chi connectivity index (χ4n) is 2.42. The predicted molar refractivity (Wildman–Crippen MR) is 79.9 cm³/mol. The Labute approximate surface area is 123 Å². The molecule has 5 heteroatoms. The number of benzene rings is 1. The molecule has 0 bridgehead atoms. The molecule has 0 spiro atoms. The van der Waals surface area contributed by atoms with Crippen molar-refractivity contribution in [1.82, 2.24) is 9.97 Å². The molecule has 0 radical (unpaired) electrons. The monoisotopic (exact) mass is 289 g/mol. The summed E-state index contributed by atoms with van der Waals surface area (Å²) in [5.41, 5.74) is 1.85. The number of piperidine rings is 1. The van der Waals surface area contributed by atoms with Crippen molar-refractivity contribution in [2.24, 2.45) is 0 Å². The minimum atomic E-state index is -0.180. The van der Waals surface area contributed by atoms with Crippen molar-refractivity contribution < 1.29 is 5.11 Å². The first-order valence-corrected chi connectivity index (χ1v) is 7.11. The van der Waals surface area contributed by atoms with Crippen molar-refractivity contribution in [3.8, 4) is 11.3 Å². The third-order valence-electron chi connectivity index (χ3n) is 3.56. The van der Waals surface area contributed by atoms with Gasteiger partial charge in [-0.3, -0.25) is 0 Å². The smallest absolute Gasteiger partial charge is 0.132 e. The van der Waals surface area contributed by atoms with Crippen LogP contribution in [0.4, 0.5) is 5.82 Å². The molecular weight excluding hydrogens is 274 g/mol. The SMILES string of the molecule is OC1CCN(c2cc(-c3cccc(Cl)c3)ncn2)CC1. The molecule has 2 aromatic rings. The van der Waals surface area contributed by atoms with E-state index in [9.17, 15) is 5.11 Å². The van der Waals surface area contributed by atoms with E-state index in [0.29, 0.717) is 5.02 Å². The maximum absolute atomic E-state index is 9.56. The largest absolute Gasteiger partial charge is 0.393 e. The first kappa shape index (κ1) is 13.3. The Morgan fingerprint density at radius 1 is 1.15 bits per heavy atom. The Balaban J connectivity index is 1.86. The average molecular weight is 290 g/mol. The zero-order valence-electron chi connectivity index (χ0n) is 11.0. The summed E-state index contributed by atoms with van der Waals surface area (Å²) in [5.74, 6) is 0.905. The molecule has 0 amide bonds. The number of anilines is 1. The van der Waals surface area contributed by atoms with E-state index < -0.39 is 0 Å². The second kappa shape index (κ2) is 5.77. The third kappa shape index (κ3) is 2.92. The van der Waals surface area contributed by atoms with Crippen LogP contribution in [0.25, 0.3) is 11.3 Å². The summed E-state index contributed by atoms with van der Waals surface area (Å²) >= 11 is 6.02. The van der Waals surface area contributed by atoms with E-state index in [0.717, 1.165) is 43.0 Å². The number of nitrogens with zero attached hydrogens (tertiary/aromatic N) is 3. The van der Waals surface area contributed by atoms with Gasteiger partial charge in [-0.1, -0.05) is 23.7 Å². The minimum Gasteiger partial charge on any atom is -0.393 e. The van der Waals surface area contributed by atoms with Gasteiger partial charge in [0.15, 0.2) is 0 Å². The maximum atomic E-state index is 9.56. The molecule has 0 unspecified atom stereocenters. The zero-order chi connectivity index (χ0) is 13.9. The quantitative estimate of drug-likeness (QED) is 0.923. The molecule has 1 aliphatic rings. The Morgan fingerprint density at radius 3 is 2.70 bits per heavy atom. The second-order valence-electron chi connectivity index (χ2n) is 4.99. The lowest BCUT2D eigenvalue weighted by Crippen LogP contribution is -2.36. The van der Waals surface area contributed by atoms with E-state index in [1.807, 2.05) is 30.3 Å². The van der Waals surface area contributed by atoms with Crippen LogP contribution in [-0.4, -0.2) is 34.3 Å². The van der Waals surface area contributed by atoms with Crippen LogP contribution >= 0.6 is 11.6 Å². The van der Waals surface area contributed by atoms with E-state index in [1.165, 1.54) is 0 Å². The number of aliphatic hydroxyl groups is 1. The maximum Gasteiger partial charge on any atom is 0.132 e. The predicted octanol–water partition coefficient (Wildman–Crippen LogP) is 2.76. The molecule has 3 rings (SSSR count). The van der Waals surface area contributed by atoms with Crippen molar-refractivity contribution in [3.05, 3.63) is 41.7 Å². The molecule has 4 nitrogen and oxygen atoms in total. The molecule has 1 N–H and O–H groups in total. The fourth-order valence-corrected chi connectivity index (χ4v) is 2.61. The van der Waals surface area contributed by atoms with Crippen LogP contribution < -0.4 is 4.90 Å². The van der Waals surface area contributed by atoms with Gasteiger partial charge in [0.1, 0.15) is 12.1 Å². The summed E-state index contributed by atoms with van der Waals surface area (Å²) in [7, 11) is 0. The number of halogens is 1. The summed E-state index contributed by atoms with van der Waals surface area (Å²) in [6.45, 7) is 1.65. The van der Waals surface area contributed by atoms with Gasteiger partial charge in [-0.2, -0.15) is 0 Å². The lowest BCUT2D eigenvalue weighted by molar-refractivity contribution is 0.145. The number of rotatable bonds is 2. The van der Waals surface area contributed by atoms with Crippen LogP contribution in [0, 0.1) is 0 Å². The molecule has 1 saturated heterocycles. The van der Waals surface area contributed by atoms with Crippen LogP contribution in [-0.2, 0) is 0 Å². The first-order chi connectivity index (χ1) is 9.72. The normalized spacial score (nSPS) is 16.4. The number of hydrogen-bond acceptors (Lipinski definition) is 4.